The molecule has 0 radical (unpaired) electrons. The maximum Gasteiger partial charge on any atom is 1.00 e. The number of rotatable bonds is 5. The van der Waals surface area contributed by atoms with Crippen molar-refractivity contribution in [1.29, 1.82) is 0 Å². The maximum atomic E-state index is 9.98. The van der Waals surface area contributed by atoms with Gasteiger partial charge in [-0.3, -0.25) is 0 Å². The minimum Gasteiger partial charge on any atom is -0.547 e. The second-order valence-corrected chi connectivity index (χ2v) is 4.03. The summed E-state index contributed by atoms with van der Waals surface area (Å²) in [6.45, 7) is -0.863. The van der Waals surface area contributed by atoms with Gasteiger partial charge in [-0.2, -0.15) is 0 Å². The Hall–Kier alpha value is 0.380. The molecule has 8 N–H and O–H groups in total. The van der Waals surface area contributed by atoms with E-state index in [4.69, 9.17) is 44.8 Å². The van der Waals surface area contributed by atoms with E-state index in [0.29, 0.717) is 0 Å². The number of aliphatic hydroxyl groups excluding tert-OH is 5. The summed E-state index contributed by atoms with van der Waals surface area (Å²) in [7, 11) is -4.64. The van der Waals surface area contributed by atoms with Crippen LogP contribution in [0.2, 0.25) is 0 Å². The van der Waals surface area contributed by atoms with Crippen LogP contribution in [0.25, 0.3) is 0 Å². The number of aliphatic carboxylic acids is 1. The average molecular weight is 316 g/mol. The molecule has 110 valence electrons. The second-order valence-electron chi connectivity index (χ2n) is 3.01. The Morgan fingerprint density at radius 3 is 1.58 bits per heavy atom. The zero-order valence-corrected chi connectivity index (χ0v) is 12.7. The Morgan fingerprint density at radius 2 is 1.37 bits per heavy atom. The van der Waals surface area contributed by atoms with Crippen molar-refractivity contribution in [1.82, 2.24) is 0 Å². The molecule has 0 aliphatic carbocycles. The molecule has 13 heteroatoms. The van der Waals surface area contributed by atoms with Gasteiger partial charge in [-0.25, -0.2) is 4.57 Å². The fourth-order valence-electron chi connectivity index (χ4n) is 0.662. The summed E-state index contributed by atoms with van der Waals surface area (Å²) in [4.78, 5) is 31.5. The number of carboxylic acid groups (broad SMARTS) is 1. The molecule has 0 aromatic rings. The van der Waals surface area contributed by atoms with Gasteiger partial charge in [0.1, 0.15) is 24.4 Å². The van der Waals surface area contributed by atoms with E-state index < -0.39 is 44.8 Å². The number of hydrogen-bond donors (Lipinski definition) is 8. The minimum atomic E-state index is -4.64. The molecule has 0 saturated heterocycles. The van der Waals surface area contributed by atoms with Crippen LogP contribution in [0.1, 0.15) is 0 Å². The summed E-state index contributed by atoms with van der Waals surface area (Å²) >= 11 is 0. The average Bonchev–Trinajstić information content (AvgIpc) is 2.22. The van der Waals surface area contributed by atoms with Crippen molar-refractivity contribution in [3.8, 4) is 0 Å². The maximum absolute atomic E-state index is 9.98. The summed E-state index contributed by atoms with van der Waals surface area (Å²) < 4.78 is 8.88. The third-order valence-corrected chi connectivity index (χ3v) is 1.50. The normalized spacial score (nSPS) is 17.1. The van der Waals surface area contributed by atoms with Gasteiger partial charge in [-0.1, -0.05) is 0 Å². The molecule has 0 aliphatic rings. The Bertz CT molecular complexity index is 285. The van der Waals surface area contributed by atoms with Gasteiger partial charge in [0.25, 0.3) is 0 Å². The van der Waals surface area contributed by atoms with Crippen molar-refractivity contribution < 1.29 is 84.2 Å². The Balaban J connectivity index is -0.000000366. The van der Waals surface area contributed by atoms with Crippen LogP contribution in [0.4, 0.5) is 0 Å². The molecule has 0 fully saturated rings. The predicted molar refractivity (Wildman–Crippen MR) is 50.4 cm³/mol. The number of hydrogen-bond acceptors (Lipinski definition) is 8. The largest absolute Gasteiger partial charge is 1.00 e. The Labute approximate surface area is 129 Å². The van der Waals surface area contributed by atoms with E-state index in [1.165, 1.54) is 0 Å². The third kappa shape index (κ3) is 14.6. The molecule has 0 aromatic heterocycles. The summed E-state index contributed by atoms with van der Waals surface area (Å²) in [6.07, 6.45) is -8.08. The molecular weight excluding hydrogens is 302 g/mol. The summed E-state index contributed by atoms with van der Waals surface area (Å²) in [5.74, 6) is -1.98. The number of carbonyl (C=O) groups excluding carboxylic acids is 1. The van der Waals surface area contributed by atoms with E-state index in [-0.39, 0.29) is 29.6 Å². The number of carboxylic acids is 1. The predicted octanol–water partition coefficient (Wildman–Crippen LogP) is -8.75. The van der Waals surface area contributed by atoms with Gasteiger partial charge >= 0.3 is 37.4 Å². The van der Waals surface area contributed by atoms with Gasteiger partial charge in [0, 0.05) is 0 Å². The van der Waals surface area contributed by atoms with E-state index in [1.54, 1.807) is 0 Å². The van der Waals surface area contributed by atoms with Gasteiger partial charge in [0.15, 0.2) is 0 Å². The van der Waals surface area contributed by atoms with Crippen LogP contribution in [0.5, 0.6) is 0 Å². The molecule has 19 heavy (non-hydrogen) atoms. The molecular formula is C6H14NaO11P. The van der Waals surface area contributed by atoms with Crippen LogP contribution in [0, 0.1) is 0 Å². The number of carbonyl (C=O) groups is 1. The molecule has 0 aromatic carbocycles. The SMILES string of the molecule is O=C([O-])C(O)C(O)C(O)C(O)CO.O=P(O)(O)O.[Na+]. The zero-order valence-electron chi connectivity index (χ0n) is 9.77. The standard InChI is InChI=1S/C6H12O7.Na.H3O4P/c7-1-2(8)3(9)4(10)5(11)6(12)13;;1-5(2,3)4/h2-5,7-11H,1H2,(H,12,13);;(H3,1,2,3,4)/q;+1;/p-1. The second kappa shape index (κ2) is 11.1. The molecule has 4 atom stereocenters. The van der Waals surface area contributed by atoms with Crippen molar-refractivity contribution >= 4 is 13.8 Å². The van der Waals surface area contributed by atoms with Crippen LogP contribution in [-0.4, -0.2) is 77.2 Å². The van der Waals surface area contributed by atoms with Crippen LogP contribution in [0.3, 0.4) is 0 Å². The van der Waals surface area contributed by atoms with Gasteiger partial charge in [-0.15, -0.1) is 0 Å². The third-order valence-electron chi connectivity index (χ3n) is 1.50. The minimum absolute atomic E-state index is 0. The van der Waals surface area contributed by atoms with Crippen molar-refractivity contribution in [2.24, 2.45) is 0 Å². The smallest absolute Gasteiger partial charge is 0.547 e. The van der Waals surface area contributed by atoms with Gasteiger partial charge in [0.05, 0.1) is 12.6 Å². The summed E-state index contributed by atoms with van der Waals surface area (Å²) in [6, 6.07) is 0. The van der Waals surface area contributed by atoms with Crippen molar-refractivity contribution in [2.75, 3.05) is 6.61 Å². The van der Waals surface area contributed by atoms with Gasteiger partial charge < -0.3 is 50.1 Å². The van der Waals surface area contributed by atoms with Gasteiger partial charge in [0.2, 0.25) is 0 Å². The molecule has 4 unspecified atom stereocenters. The van der Waals surface area contributed by atoms with Crippen LogP contribution in [0.15, 0.2) is 0 Å². The molecule has 0 amide bonds. The van der Waals surface area contributed by atoms with Crippen molar-refractivity contribution in [3.05, 3.63) is 0 Å². The Morgan fingerprint density at radius 1 is 1.05 bits per heavy atom. The number of phosphoric acid groups is 1. The Kier molecular flexibility index (Phi) is 14.2. The van der Waals surface area contributed by atoms with E-state index in [0.717, 1.165) is 0 Å². The van der Waals surface area contributed by atoms with E-state index in [2.05, 4.69) is 0 Å². The van der Waals surface area contributed by atoms with E-state index >= 15 is 0 Å². The molecule has 0 spiro atoms. The fourth-order valence-corrected chi connectivity index (χ4v) is 0.662. The van der Waals surface area contributed by atoms with Crippen molar-refractivity contribution in [3.63, 3.8) is 0 Å². The molecule has 0 saturated carbocycles. The first-order valence-corrected chi connectivity index (χ1v) is 5.80. The fraction of sp³-hybridized carbons (Fsp3) is 0.833. The first kappa shape index (κ1) is 24.4. The topological polar surface area (TPSA) is 219 Å². The molecule has 0 heterocycles. The van der Waals surface area contributed by atoms with Crippen molar-refractivity contribution in [2.45, 2.75) is 24.4 Å². The first-order valence-electron chi connectivity index (χ1n) is 4.24. The quantitative estimate of drug-likeness (QED) is 0.176. The molecule has 11 nitrogen and oxygen atoms in total. The zero-order chi connectivity index (χ0) is 15.1. The number of aliphatic hydroxyl groups is 5. The van der Waals surface area contributed by atoms with Crippen LogP contribution < -0.4 is 34.7 Å². The summed E-state index contributed by atoms with van der Waals surface area (Å²) in [5, 5.41) is 53.4. The molecule has 0 aliphatic heterocycles. The summed E-state index contributed by atoms with van der Waals surface area (Å²) in [5.41, 5.74) is 0. The van der Waals surface area contributed by atoms with Gasteiger partial charge in [-0.05, 0) is 0 Å². The first-order chi connectivity index (χ1) is 7.91. The van der Waals surface area contributed by atoms with Crippen LogP contribution in [-0.2, 0) is 9.36 Å². The molecule has 0 rings (SSSR count). The van der Waals surface area contributed by atoms with E-state index in [9.17, 15) is 9.90 Å². The van der Waals surface area contributed by atoms with Crippen LogP contribution >= 0.6 is 7.82 Å². The monoisotopic (exact) mass is 316 g/mol. The molecule has 0 bridgehead atoms. The van der Waals surface area contributed by atoms with E-state index in [1.807, 2.05) is 0 Å².